The van der Waals surface area contributed by atoms with Crippen LogP contribution in [0.5, 0.6) is 0 Å². The van der Waals surface area contributed by atoms with Crippen molar-refractivity contribution in [3.63, 3.8) is 0 Å². The molecule has 1 N–H and O–H groups in total. The molecule has 0 amide bonds. The van der Waals surface area contributed by atoms with E-state index >= 15 is 0 Å². The number of nitrogens with one attached hydrogen (secondary N) is 1. The van der Waals surface area contributed by atoms with E-state index in [0.29, 0.717) is 11.5 Å². The lowest BCUT2D eigenvalue weighted by Gasteiger charge is -2.10. The van der Waals surface area contributed by atoms with Gasteiger partial charge < -0.3 is 5.32 Å². The monoisotopic (exact) mass is 229 g/mol. The summed E-state index contributed by atoms with van der Waals surface area (Å²) < 4.78 is 22.4. The molecule has 1 aliphatic heterocycles. The molecule has 0 aromatic carbocycles. The average Bonchev–Trinajstić information content (AvgIpc) is 2.76. The highest BCUT2D eigenvalue weighted by Gasteiger charge is 2.27. The normalized spacial score (nSPS) is 29.3. The summed E-state index contributed by atoms with van der Waals surface area (Å²) in [7, 11) is -2.72. The Labute approximate surface area is 91.9 Å². The highest BCUT2D eigenvalue weighted by molar-refractivity contribution is 7.91. The molecule has 0 saturated carbocycles. The molecule has 1 aliphatic carbocycles. The molecule has 0 radical (unpaired) electrons. The molecular formula is C11H19NO2S. The van der Waals surface area contributed by atoms with Gasteiger partial charge in [0.15, 0.2) is 9.84 Å². The highest BCUT2D eigenvalue weighted by Crippen LogP contribution is 2.20. The van der Waals surface area contributed by atoms with Gasteiger partial charge in [-0.1, -0.05) is 11.6 Å². The summed E-state index contributed by atoms with van der Waals surface area (Å²) in [5.41, 5.74) is 1.54. The van der Waals surface area contributed by atoms with Crippen LogP contribution in [0.2, 0.25) is 0 Å². The zero-order valence-electron chi connectivity index (χ0n) is 9.04. The van der Waals surface area contributed by atoms with E-state index in [1.807, 2.05) is 0 Å². The molecule has 15 heavy (non-hydrogen) atoms. The third-order valence-electron chi connectivity index (χ3n) is 3.25. The van der Waals surface area contributed by atoms with Crippen LogP contribution in [-0.4, -0.2) is 32.5 Å². The van der Waals surface area contributed by atoms with Gasteiger partial charge in [0.2, 0.25) is 0 Å². The van der Waals surface area contributed by atoms with Crippen molar-refractivity contribution >= 4 is 9.84 Å². The average molecular weight is 229 g/mol. The lowest BCUT2D eigenvalue weighted by molar-refractivity contribution is 0.554. The summed E-state index contributed by atoms with van der Waals surface area (Å²) in [6, 6.07) is 0.206. The first kappa shape index (κ1) is 11.1. The molecule has 0 aromatic heterocycles. The lowest BCUT2D eigenvalue weighted by atomic mass is 10.1. The predicted molar refractivity (Wildman–Crippen MR) is 61.6 cm³/mol. The molecule has 3 nitrogen and oxygen atoms in total. The highest BCUT2D eigenvalue weighted by atomic mass is 32.2. The molecule has 2 rings (SSSR count). The van der Waals surface area contributed by atoms with Gasteiger partial charge in [0.1, 0.15) is 0 Å². The Balaban J connectivity index is 1.66. The van der Waals surface area contributed by atoms with Crippen LogP contribution in [0, 0.1) is 0 Å². The second-order valence-corrected chi connectivity index (χ2v) is 6.79. The second kappa shape index (κ2) is 4.66. The Morgan fingerprint density at radius 3 is 2.93 bits per heavy atom. The van der Waals surface area contributed by atoms with E-state index in [0.717, 1.165) is 19.4 Å². The summed E-state index contributed by atoms with van der Waals surface area (Å²) in [5, 5.41) is 3.34. The first-order chi connectivity index (χ1) is 7.16. The Hall–Kier alpha value is -0.350. The molecule has 1 heterocycles. The van der Waals surface area contributed by atoms with Gasteiger partial charge >= 0.3 is 0 Å². The van der Waals surface area contributed by atoms with Crippen LogP contribution in [0.15, 0.2) is 11.6 Å². The maximum Gasteiger partial charge on any atom is 0.151 e. The van der Waals surface area contributed by atoms with Crippen molar-refractivity contribution in [1.29, 1.82) is 0 Å². The van der Waals surface area contributed by atoms with Crippen molar-refractivity contribution in [2.45, 2.75) is 38.1 Å². The summed E-state index contributed by atoms with van der Waals surface area (Å²) in [6.07, 6.45) is 7.98. The van der Waals surface area contributed by atoms with Crippen LogP contribution in [0.25, 0.3) is 0 Å². The minimum absolute atomic E-state index is 0.206. The van der Waals surface area contributed by atoms with Gasteiger partial charge in [-0.25, -0.2) is 8.42 Å². The van der Waals surface area contributed by atoms with Crippen LogP contribution in [0.1, 0.15) is 32.1 Å². The molecule has 2 aliphatic rings. The lowest BCUT2D eigenvalue weighted by Crippen LogP contribution is -2.30. The largest absolute Gasteiger partial charge is 0.313 e. The van der Waals surface area contributed by atoms with E-state index in [1.54, 1.807) is 5.57 Å². The van der Waals surface area contributed by atoms with E-state index in [4.69, 9.17) is 0 Å². The van der Waals surface area contributed by atoms with Crippen molar-refractivity contribution in [2.24, 2.45) is 0 Å². The molecule has 1 saturated heterocycles. The standard InChI is InChI=1S/C11H19NO2S/c13-15(14)8-6-11(9-15)12-7-5-10-3-1-2-4-10/h3,11-12H,1-2,4-9H2. The molecule has 0 aromatic rings. The molecule has 0 spiro atoms. The fourth-order valence-corrected chi connectivity index (χ4v) is 4.07. The van der Waals surface area contributed by atoms with Crippen LogP contribution in [0.4, 0.5) is 0 Å². The molecule has 1 fully saturated rings. The smallest absolute Gasteiger partial charge is 0.151 e. The summed E-state index contributed by atoms with van der Waals surface area (Å²) >= 11 is 0. The number of hydrogen-bond acceptors (Lipinski definition) is 3. The Morgan fingerprint density at radius 1 is 1.47 bits per heavy atom. The third kappa shape index (κ3) is 3.31. The zero-order chi connectivity index (χ0) is 10.7. The van der Waals surface area contributed by atoms with Crippen molar-refractivity contribution in [2.75, 3.05) is 18.1 Å². The molecule has 0 bridgehead atoms. The summed E-state index contributed by atoms with van der Waals surface area (Å²) in [6.45, 7) is 0.937. The fourth-order valence-electron chi connectivity index (χ4n) is 2.36. The van der Waals surface area contributed by atoms with Crippen molar-refractivity contribution in [1.82, 2.24) is 5.32 Å². The first-order valence-electron chi connectivity index (χ1n) is 5.77. The molecule has 86 valence electrons. The third-order valence-corrected chi connectivity index (χ3v) is 5.01. The van der Waals surface area contributed by atoms with Gasteiger partial charge in [-0.3, -0.25) is 0 Å². The van der Waals surface area contributed by atoms with E-state index < -0.39 is 9.84 Å². The van der Waals surface area contributed by atoms with Crippen molar-refractivity contribution < 1.29 is 8.42 Å². The Bertz CT molecular complexity index is 346. The number of hydrogen-bond donors (Lipinski definition) is 1. The van der Waals surface area contributed by atoms with Gasteiger partial charge in [0.25, 0.3) is 0 Å². The van der Waals surface area contributed by atoms with E-state index in [9.17, 15) is 8.42 Å². The SMILES string of the molecule is O=S1(=O)CCC(NCCC2=CCCC2)C1. The van der Waals surface area contributed by atoms with Crippen LogP contribution >= 0.6 is 0 Å². The van der Waals surface area contributed by atoms with E-state index in [-0.39, 0.29) is 6.04 Å². The van der Waals surface area contributed by atoms with Crippen LogP contribution < -0.4 is 5.32 Å². The Kier molecular flexibility index (Phi) is 3.46. The van der Waals surface area contributed by atoms with Crippen molar-refractivity contribution in [3.8, 4) is 0 Å². The fraction of sp³-hybridized carbons (Fsp3) is 0.818. The topological polar surface area (TPSA) is 46.2 Å². The van der Waals surface area contributed by atoms with Gasteiger partial charge in [0, 0.05) is 6.04 Å². The second-order valence-electron chi connectivity index (χ2n) is 4.56. The minimum Gasteiger partial charge on any atom is -0.313 e. The number of sulfone groups is 1. The minimum atomic E-state index is -2.72. The van der Waals surface area contributed by atoms with E-state index in [1.165, 1.54) is 19.3 Å². The maximum atomic E-state index is 11.2. The van der Waals surface area contributed by atoms with Gasteiger partial charge in [0.05, 0.1) is 11.5 Å². The molecule has 4 heteroatoms. The van der Waals surface area contributed by atoms with Gasteiger partial charge in [-0.05, 0) is 38.6 Å². The molecular weight excluding hydrogens is 210 g/mol. The van der Waals surface area contributed by atoms with Crippen molar-refractivity contribution in [3.05, 3.63) is 11.6 Å². The zero-order valence-corrected chi connectivity index (χ0v) is 9.85. The van der Waals surface area contributed by atoms with Crippen LogP contribution in [-0.2, 0) is 9.84 Å². The summed E-state index contributed by atoms with van der Waals surface area (Å²) in [5.74, 6) is 0.708. The van der Waals surface area contributed by atoms with Crippen LogP contribution in [0.3, 0.4) is 0 Å². The number of allylic oxidation sites excluding steroid dienone is 1. The predicted octanol–water partition coefficient (Wildman–Crippen LogP) is 1.26. The Morgan fingerprint density at radius 2 is 2.33 bits per heavy atom. The van der Waals surface area contributed by atoms with Gasteiger partial charge in [-0.15, -0.1) is 0 Å². The molecule has 1 unspecified atom stereocenters. The van der Waals surface area contributed by atoms with Gasteiger partial charge in [-0.2, -0.15) is 0 Å². The number of rotatable bonds is 4. The maximum absolute atomic E-state index is 11.2. The quantitative estimate of drug-likeness (QED) is 0.738. The van der Waals surface area contributed by atoms with E-state index in [2.05, 4.69) is 11.4 Å². The summed E-state index contributed by atoms with van der Waals surface area (Å²) in [4.78, 5) is 0. The molecule has 1 atom stereocenters. The first-order valence-corrected chi connectivity index (χ1v) is 7.59.